The quantitative estimate of drug-likeness (QED) is 0.550. The molecule has 3 heterocycles. The predicted octanol–water partition coefficient (Wildman–Crippen LogP) is 3.51. The van der Waals surface area contributed by atoms with Gasteiger partial charge < -0.3 is 10.4 Å². The van der Waals surface area contributed by atoms with E-state index in [9.17, 15) is 18.3 Å². The van der Waals surface area contributed by atoms with Gasteiger partial charge in [0.15, 0.2) is 5.82 Å². The Labute approximate surface area is 161 Å². The molecule has 0 radical (unpaired) electrons. The van der Waals surface area contributed by atoms with Gasteiger partial charge >= 0.3 is 6.36 Å². The lowest BCUT2D eigenvalue weighted by Gasteiger charge is -2.06. The fourth-order valence-electron chi connectivity index (χ4n) is 3.29. The average molecular weight is 417 g/mol. The molecule has 3 aromatic heterocycles. The minimum absolute atomic E-state index is 0.0760. The molecular formula is C16H16ClF3N6O2. The Kier molecular flexibility index (Phi) is 4.89. The highest BCUT2D eigenvalue weighted by molar-refractivity contribution is 6.29. The molecule has 8 nitrogen and oxygen atoms in total. The van der Waals surface area contributed by atoms with E-state index in [1.807, 2.05) is 6.07 Å². The largest absolute Gasteiger partial charge is 0.522 e. The van der Waals surface area contributed by atoms with Crippen molar-refractivity contribution >= 4 is 29.0 Å². The highest BCUT2D eigenvalue weighted by Crippen LogP contribution is 2.34. The van der Waals surface area contributed by atoms with Gasteiger partial charge in [-0.05, 0) is 19.3 Å². The van der Waals surface area contributed by atoms with E-state index in [0.717, 1.165) is 18.5 Å². The Hall–Kier alpha value is -2.37. The molecule has 0 amide bonds. The monoisotopic (exact) mass is 416 g/mol. The molecule has 0 unspecified atom stereocenters. The SMILES string of the molecule is O[C@@H]1CC[C@H](c2cc(Nc3nc(Cl)cc4nc(COC(F)(F)F)cn34)n[nH]2)C1. The van der Waals surface area contributed by atoms with Crippen LogP contribution >= 0.6 is 11.6 Å². The van der Waals surface area contributed by atoms with E-state index in [4.69, 9.17) is 11.6 Å². The van der Waals surface area contributed by atoms with Gasteiger partial charge in [0.25, 0.3) is 0 Å². The third-order valence-corrected chi connectivity index (χ3v) is 4.73. The van der Waals surface area contributed by atoms with Gasteiger partial charge in [-0.25, -0.2) is 9.97 Å². The second-order valence-corrected chi connectivity index (χ2v) is 6.98. The Balaban J connectivity index is 1.56. The number of rotatable bonds is 5. The number of nitrogens with zero attached hydrogens (tertiary/aromatic N) is 4. The van der Waals surface area contributed by atoms with E-state index in [0.29, 0.717) is 17.9 Å². The van der Waals surface area contributed by atoms with Crippen molar-refractivity contribution in [3.05, 3.63) is 34.9 Å². The molecule has 1 aliphatic carbocycles. The number of halogens is 4. The summed E-state index contributed by atoms with van der Waals surface area (Å²) in [6.07, 6.45) is -1.37. The molecule has 150 valence electrons. The summed E-state index contributed by atoms with van der Waals surface area (Å²) >= 11 is 6.00. The summed E-state index contributed by atoms with van der Waals surface area (Å²) in [7, 11) is 0. The Morgan fingerprint density at radius 1 is 1.32 bits per heavy atom. The normalized spacial score (nSPS) is 20.2. The molecule has 3 aromatic rings. The first kappa shape index (κ1) is 19.0. The highest BCUT2D eigenvalue weighted by atomic mass is 35.5. The average Bonchev–Trinajstić information content (AvgIpc) is 3.31. The van der Waals surface area contributed by atoms with Gasteiger partial charge in [-0.15, -0.1) is 13.2 Å². The molecule has 1 fully saturated rings. The third-order valence-electron chi connectivity index (χ3n) is 4.54. The molecule has 0 spiro atoms. The number of ether oxygens (including phenoxy) is 1. The first-order valence-electron chi connectivity index (χ1n) is 8.52. The number of fused-ring (bicyclic) bond motifs is 1. The molecule has 0 bridgehead atoms. The maximum atomic E-state index is 12.3. The van der Waals surface area contributed by atoms with Crippen LogP contribution in [0.5, 0.6) is 0 Å². The summed E-state index contributed by atoms with van der Waals surface area (Å²) < 4.78 is 42.0. The lowest BCUT2D eigenvalue weighted by atomic mass is 10.0. The number of hydrogen-bond acceptors (Lipinski definition) is 6. The zero-order valence-electron chi connectivity index (χ0n) is 14.4. The number of aliphatic hydroxyl groups is 1. The van der Waals surface area contributed by atoms with Crippen LogP contribution in [0.3, 0.4) is 0 Å². The number of hydrogen-bond donors (Lipinski definition) is 3. The fourth-order valence-corrected chi connectivity index (χ4v) is 3.47. The lowest BCUT2D eigenvalue weighted by Crippen LogP contribution is -2.12. The predicted molar refractivity (Wildman–Crippen MR) is 93.3 cm³/mol. The molecular weight excluding hydrogens is 401 g/mol. The zero-order chi connectivity index (χ0) is 19.9. The smallest absolute Gasteiger partial charge is 0.393 e. The van der Waals surface area contributed by atoms with Crippen LogP contribution in [0.4, 0.5) is 24.9 Å². The van der Waals surface area contributed by atoms with Gasteiger partial charge in [0.05, 0.1) is 18.4 Å². The molecule has 28 heavy (non-hydrogen) atoms. The van der Waals surface area contributed by atoms with Crippen molar-refractivity contribution in [1.82, 2.24) is 24.6 Å². The summed E-state index contributed by atoms with van der Waals surface area (Å²) in [6, 6.07) is 3.24. The van der Waals surface area contributed by atoms with Crippen molar-refractivity contribution in [2.45, 2.75) is 44.3 Å². The van der Waals surface area contributed by atoms with E-state index in [1.165, 1.54) is 16.7 Å². The molecule has 3 N–H and O–H groups in total. The molecule has 4 rings (SSSR count). The van der Waals surface area contributed by atoms with E-state index in [1.54, 1.807) is 0 Å². The maximum absolute atomic E-state index is 12.3. The maximum Gasteiger partial charge on any atom is 0.522 e. The number of anilines is 2. The number of nitrogens with one attached hydrogen (secondary N) is 2. The second kappa shape index (κ2) is 7.22. The van der Waals surface area contributed by atoms with Crippen molar-refractivity contribution in [3.8, 4) is 0 Å². The van der Waals surface area contributed by atoms with Crippen molar-refractivity contribution in [3.63, 3.8) is 0 Å². The molecule has 2 atom stereocenters. The number of aromatic amines is 1. The fraction of sp³-hybridized carbons (Fsp3) is 0.438. The summed E-state index contributed by atoms with van der Waals surface area (Å²) in [6.45, 7) is -0.723. The summed E-state index contributed by atoms with van der Waals surface area (Å²) in [5, 5.41) is 19.9. The highest BCUT2D eigenvalue weighted by Gasteiger charge is 2.29. The van der Waals surface area contributed by atoms with E-state index >= 15 is 0 Å². The topological polar surface area (TPSA) is 100 Å². The number of aromatic nitrogens is 5. The summed E-state index contributed by atoms with van der Waals surface area (Å²) in [4.78, 5) is 8.23. The number of alkyl halides is 3. The van der Waals surface area contributed by atoms with Gasteiger partial charge in [0.2, 0.25) is 5.95 Å². The lowest BCUT2D eigenvalue weighted by molar-refractivity contribution is -0.330. The van der Waals surface area contributed by atoms with Crippen LogP contribution in [0.25, 0.3) is 5.65 Å². The van der Waals surface area contributed by atoms with Gasteiger partial charge in [-0.1, -0.05) is 11.6 Å². The number of imidazole rings is 1. The van der Waals surface area contributed by atoms with E-state index < -0.39 is 13.0 Å². The standard InChI is InChI=1S/C16H16ClF3N6O2/c17-12-5-14-21-9(7-28-16(18,19)20)6-26(14)15(22-12)23-13-4-11(24-25-13)8-1-2-10(27)3-8/h4-6,8,10,27H,1-3,7H2,(H2,22,23,24,25)/t8-,10+/m0/s1. The molecule has 1 saturated carbocycles. The Morgan fingerprint density at radius 2 is 2.14 bits per heavy atom. The third kappa shape index (κ3) is 4.21. The van der Waals surface area contributed by atoms with Crippen LogP contribution in [0, 0.1) is 0 Å². The number of H-pyrrole nitrogens is 1. The van der Waals surface area contributed by atoms with Gasteiger partial charge in [0.1, 0.15) is 10.8 Å². The number of aliphatic hydroxyl groups excluding tert-OH is 1. The van der Waals surface area contributed by atoms with E-state index in [2.05, 4.69) is 30.2 Å². The van der Waals surface area contributed by atoms with E-state index in [-0.39, 0.29) is 28.8 Å². The zero-order valence-corrected chi connectivity index (χ0v) is 15.1. The van der Waals surface area contributed by atoms with Gasteiger partial charge in [-0.2, -0.15) is 5.10 Å². The minimum Gasteiger partial charge on any atom is -0.393 e. The molecule has 0 saturated heterocycles. The van der Waals surface area contributed by atoms with Crippen LogP contribution in [0.15, 0.2) is 18.3 Å². The van der Waals surface area contributed by atoms with Crippen molar-refractivity contribution in [1.29, 1.82) is 0 Å². The van der Waals surface area contributed by atoms with Crippen LogP contribution < -0.4 is 5.32 Å². The summed E-state index contributed by atoms with van der Waals surface area (Å²) in [5.41, 5.74) is 1.28. The van der Waals surface area contributed by atoms with Crippen LogP contribution in [0.2, 0.25) is 5.15 Å². The van der Waals surface area contributed by atoms with Crippen LogP contribution in [-0.4, -0.2) is 42.1 Å². The van der Waals surface area contributed by atoms with Crippen LogP contribution in [-0.2, 0) is 11.3 Å². The van der Waals surface area contributed by atoms with Crippen molar-refractivity contribution in [2.75, 3.05) is 5.32 Å². The van der Waals surface area contributed by atoms with Gasteiger partial charge in [-0.3, -0.25) is 14.2 Å². The van der Waals surface area contributed by atoms with Gasteiger partial charge in [0, 0.05) is 29.9 Å². The van der Waals surface area contributed by atoms with Crippen molar-refractivity contribution in [2.24, 2.45) is 0 Å². The van der Waals surface area contributed by atoms with Crippen LogP contribution in [0.1, 0.15) is 36.6 Å². The first-order chi connectivity index (χ1) is 13.3. The molecule has 1 aliphatic rings. The Morgan fingerprint density at radius 3 is 2.86 bits per heavy atom. The molecule has 0 aliphatic heterocycles. The first-order valence-corrected chi connectivity index (χ1v) is 8.90. The summed E-state index contributed by atoms with van der Waals surface area (Å²) in [5.74, 6) is 0.914. The molecule has 0 aromatic carbocycles. The van der Waals surface area contributed by atoms with Crippen molar-refractivity contribution < 1.29 is 23.0 Å². The molecule has 12 heteroatoms. The minimum atomic E-state index is -4.74. The Bertz CT molecular complexity index is 989. The second-order valence-electron chi connectivity index (χ2n) is 6.59.